The van der Waals surface area contributed by atoms with E-state index in [9.17, 15) is 26.8 Å². The van der Waals surface area contributed by atoms with E-state index in [0.717, 1.165) is 33.3 Å². The molecule has 0 radical (unpaired) electrons. The Morgan fingerprint density at radius 3 is 2.32 bits per heavy atom. The van der Waals surface area contributed by atoms with Gasteiger partial charge in [-0.2, -0.15) is 0 Å². The molecule has 0 bridgehead atoms. The molecular formula is C37H34F2N4O6S. The number of carbonyl (C=O) groups is 2. The number of carbonyl (C=O) groups excluding carboxylic acids is 2. The molecule has 0 spiro atoms. The van der Waals surface area contributed by atoms with Crippen LogP contribution in [0.1, 0.15) is 48.5 Å². The van der Waals surface area contributed by atoms with E-state index in [-0.39, 0.29) is 53.6 Å². The van der Waals surface area contributed by atoms with Crippen LogP contribution >= 0.6 is 0 Å². The van der Waals surface area contributed by atoms with E-state index in [2.05, 4.69) is 5.32 Å². The summed E-state index contributed by atoms with van der Waals surface area (Å²) in [7, 11) is 0.545. The quantitative estimate of drug-likeness (QED) is 0.191. The number of benzene rings is 4. The summed E-state index contributed by atoms with van der Waals surface area (Å²) in [6.07, 6.45) is 3.06. The fourth-order valence-corrected chi connectivity index (χ4v) is 6.59. The molecule has 0 atom stereocenters. The number of amides is 2. The number of hydrogen-bond acceptors (Lipinski definition) is 7. The van der Waals surface area contributed by atoms with Crippen LogP contribution in [-0.2, 0) is 36.1 Å². The molecule has 258 valence electrons. The van der Waals surface area contributed by atoms with Crippen molar-refractivity contribution in [3.05, 3.63) is 130 Å². The van der Waals surface area contributed by atoms with Gasteiger partial charge in [0.15, 0.2) is 5.75 Å². The lowest BCUT2D eigenvalue weighted by Crippen LogP contribution is -2.27. The average Bonchev–Trinajstić information content (AvgIpc) is 3.42. The smallest absolute Gasteiger partial charge is 0.258 e. The topological polar surface area (TPSA) is 118 Å². The molecule has 5 aromatic rings. The van der Waals surface area contributed by atoms with Gasteiger partial charge in [0, 0.05) is 49.9 Å². The van der Waals surface area contributed by atoms with Gasteiger partial charge >= 0.3 is 0 Å². The first kappa shape index (κ1) is 34.3. The number of sulfonamides is 1. The van der Waals surface area contributed by atoms with Crippen molar-refractivity contribution in [3.63, 3.8) is 0 Å². The Balaban J connectivity index is 1.52. The number of aromatic nitrogens is 1. The number of nitrogens with one attached hydrogen (secondary N) is 1. The summed E-state index contributed by atoms with van der Waals surface area (Å²) >= 11 is 0. The molecule has 1 aliphatic rings. The zero-order valence-electron chi connectivity index (χ0n) is 27.8. The Morgan fingerprint density at radius 2 is 1.66 bits per heavy atom. The minimum atomic E-state index is -3.85. The first-order chi connectivity index (χ1) is 23.9. The van der Waals surface area contributed by atoms with Crippen molar-refractivity contribution >= 4 is 38.4 Å². The molecule has 10 nitrogen and oxygen atoms in total. The molecule has 13 heteroatoms. The van der Waals surface area contributed by atoms with Crippen LogP contribution in [0.25, 0.3) is 10.9 Å². The van der Waals surface area contributed by atoms with Crippen molar-refractivity contribution in [3.8, 4) is 11.5 Å². The van der Waals surface area contributed by atoms with Gasteiger partial charge in [-0.25, -0.2) is 17.2 Å². The Kier molecular flexibility index (Phi) is 9.43. The summed E-state index contributed by atoms with van der Waals surface area (Å²) in [5.74, 6) is -1.14. The molecule has 50 heavy (non-hydrogen) atoms. The standard InChI is InChI=1S/C37H34F2N4O6S/c1-40-36(44)29-17-27(39)12-9-25(29)19-43-20-31-32(37(43)45)35(49-21-23-7-13-28(48-3)14-8-23)33-30(34(31)42(2)50(4,46)47)16-24(18-41-33)15-22-5-10-26(38)11-6-22/h5-14,16-18H,15,19-21H2,1-4H3,(H,40,44). The van der Waals surface area contributed by atoms with E-state index in [1.54, 1.807) is 43.6 Å². The maximum Gasteiger partial charge on any atom is 0.258 e. The van der Waals surface area contributed by atoms with Gasteiger partial charge in [0.05, 0.1) is 24.6 Å². The van der Waals surface area contributed by atoms with Crippen molar-refractivity contribution in [2.24, 2.45) is 0 Å². The van der Waals surface area contributed by atoms with E-state index in [0.29, 0.717) is 28.7 Å². The molecule has 0 aliphatic carbocycles. The van der Waals surface area contributed by atoms with Gasteiger partial charge in [0.2, 0.25) is 10.0 Å². The highest BCUT2D eigenvalue weighted by atomic mass is 32.2. The fourth-order valence-electron chi connectivity index (χ4n) is 6.05. The van der Waals surface area contributed by atoms with Gasteiger partial charge in [0.25, 0.3) is 11.8 Å². The van der Waals surface area contributed by atoms with Crippen molar-refractivity contribution in [2.75, 3.05) is 31.8 Å². The van der Waals surface area contributed by atoms with Crippen molar-refractivity contribution in [1.82, 2.24) is 15.2 Å². The lowest BCUT2D eigenvalue weighted by Gasteiger charge is -2.24. The van der Waals surface area contributed by atoms with E-state index in [1.165, 1.54) is 43.3 Å². The summed E-state index contributed by atoms with van der Waals surface area (Å²) in [6.45, 7) is -0.0566. The van der Waals surface area contributed by atoms with E-state index in [4.69, 9.17) is 14.5 Å². The van der Waals surface area contributed by atoms with Crippen LogP contribution < -0.4 is 19.1 Å². The molecule has 6 rings (SSSR count). The summed E-state index contributed by atoms with van der Waals surface area (Å²) in [5, 5.41) is 2.94. The predicted octanol–water partition coefficient (Wildman–Crippen LogP) is 5.60. The third kappa shape index (κ3) is 6.81. The second-order valence-corrected chi connectivity index (χ2v) is 14.0. The Morgan fingerprint density at radius 1 is 0.980 bits per heavy atom. The monoisotopic (exact) mass is 700 g/mol. The SMILES string of the molecule is CNC(=O)c1cc(F)ccc1CN1Cc2c(c(OCc3ccc(OC)cc3)c3ncc(Cc4ccc(F)cc4)cc3c2N(C)S(C)(=O)=O)C1=O. The van der Waals surface area contributed by atoms with Crippen LogP contribution in [-0.4, -0.2) is 57.6 Å². The number of anilines is 1. The Bertz CT molecular complexity index is 2230. The zero-order chi connectivity index (χ0) is 35.7. The normalized spacial score (nSPS) is 12.6. The third-order valence-electron chi connectivity index (χ3n) is 8.66. The number of pyridine rings is 1. The predicted molar refractivity (Wildman–Crippen MR) is 185 cm³/mol. The molecule has 1 aliphatic heterocycles. The molecular weight excluding hydrogens is 666 g/mol. The third-order valence-corrected chi connectivity index (χ3v) is 9.84. The van der Waals surface area contributed by atoms with Gasteiger partial charge in [-0.05, 0) is 71.1 Å². The number of ether oxygens (including phenoxy) is 2. The second kappa shape index (κ2) is 13.7. The van der Waals surface area contributed by atoms with Gasteiger partial charge in [-0.1, -0.05) is 30.3 Å². The molecule has 2 amide bonds. The number of hydrogen-bond donors (Lipinski definition) is 1. The minimum absolute atomic E-state index is 0.0368. The summed E-state index contributed by atoms with van der Waals surface area (Å²) in [4.78, 5) is 33.2. The van der Waals surface area contributed by atoms with Crippen molar-refractivity contribution in [1.29, 1.82) is 0 Å². The van der Waals surface area contributed by atoms with E-state index in [1.807, 2.05) is 12.1 Å². The first-order valence-corrected chi connectivity index (χ1v) is 17.4. The van der Waals surface area contributed by atoms with Crippen LogP contribution in [0, 0.1) is 11.6 Å². The van der Waals surface area contributed by atoms with Crippen LogP contribution in [0.5, 0.6) is 11.5 Å². The zero-order valence-corrected chi connectivity index (χ0v) is 28.6. The van der Waals surface area contributed by atoms with Gasteiger partial charge in [0.1, 0.15) is 29.5 Å². The molecule has 0 unspecified atom stereocenters. The number of rotatable bonds is 11. The minimum Gasteiger partial charge on any atom is -0.497 e. The van der Waals surface area contributed by atoms with Gasteiger partial charge in [-0.3, -0.25) is 18.9 Å². The van der Waals surface area contributed by atoms with Crippen molar-refractivity contribution in [2.45, 2.75) is 26.1 Å². The van der Waals surface area contributed by atoms with Crippen LogP contribution in [0.4, 0.5) is 14.5 Å². The molecule has 0 saturated heterocycles. The highest BCUT2D eigenvalue weighted by Crippen LogP contribution is 2.46. The van der Waals surface area contributed by atoms with Crippen LogP contribution in [0.3, 0.4) is 0 Å². The lowest BCUT2D eigenvalue weighted by molar-refractivity contribution is 0.0760. The molecule has 0 fully saturated rings. The summed E-state index contributed by atoms with van der Waals surface area (Å²) < 4.78 is 66.9. The largest absolute Gasteiger partial charge is 0.497 e. The van der Waals surface area contributed by atoms with Gasteiger partial charge < -0.3 is 19.7 Å². The molecule has 2 heterocycles. The maximum absolute atomic E-state index is 14.4. The number of halogens is 2. The molecule has 1 N–H and O–H groups in total. The number of fused-ring (bicyclic) bond motifs is 2. The Hall–Kier alpha value is -5.56. The molecule has 1 aromatic heterocycles. The summed E-state index contributed by atoms with van der Waals surface area (Å²) in [5.41, 5.74) is 3.84. The van der Waals surface area contributed by atoms with E-state index >= 15 is 0 Å². The molecule has 0 saturated carbocycles. The first-order valence-electron chi connectivity index (χ1n) is 15.6. The fraction of sp³-hybridized carbons (Fsp3) is 0.216. The maximum atomic E-state index is 14.4. The number of methoxy groups -OCH3 is 1. The van der Waals surface area contributed by atoms with Gasteiger partial charge in [-0.15, -0.1) is 0 Å². The Labute approximate surface area is 288 Å². The summed E-state index contributed by atoms with van der Waals surface area (Å²) in [6, 6.07) is 18.8. The highest BCUT2D eigenvalue weighted by Gasteiger charge is 2.38. The highest BCUT2D eigenvalue weighted by molar-refractivity contribution is 7.92. The second-order valence-electron chi connectivity index (χ2n) is 12.0. The van der Waals surface area contributed by atoms with Crippen molar-refractivity contribution < 1.29 is 36.3 Å². The van der Waals surface area contributed by atoms with E-state index < -0.39 is 27.7 Å². The van der Waals surface area contributed by atoms with Crippen LogP contribution in [0.15, 0.2) is 79.0 Å². The number of nitrogens with zero attached hydrogens (tertiary/aromatic N) is 3. The average molecular weight is 701 g/mol. The lowest BCUT2D eigenvalue weighted by atomic mass is 9.98. The molecule has 4 aromatic carbocycles. The van der Waals surface area contributed by atoms with Crippen LogP contribution in [0.2, 0.25) is 0 Å².